The number of nitrogens with zero attached hydrogens (tertiary/aromatic N) is 3. The lowest BCUT2D eigenvalue weighted by Gasteiger charge is -2.21. The maximum absolute atomic E-state index is 12.3. The van der Waals surface area contributed by atoms with Gasteiger partial charge in [0.25, 0.3) is 0 Å². The van der Waals surface area contributed by atoms with Crippen molar-refractivity contribution in [3.8, 4) is 0 Å². The van der Waals surface area contributed by atoms with Crippen molar-refractivity contribution in [3.05, 3.63) is 60.2 Å². The molecule has 5 heteroatoms. The standard InChI is InChI=1S/C17H18N4O/c1-18-17(22)21(12-13-8-4-3-5-9-13)16-19-14-10-6-7-11-15(14)20(16)2/h3-11H,12H2,1-2H3,(H,18,22). The van der Waals surface area contributed by atoms with Crippen LogP contribution in [0.1, 0.15) is 5.56 Å². The topological polar surface area (TPSA) is 50.2 Å². The van der Waals surface area contributed by atoms with Crippen molar-refractivity contribution in [1.82, 2.24) is 14.9 Å². The number of carbonyl (C=O) groups excluding carboxylic acids is 1. The summed E-state index contributed by atoms with van der Waals surface area (Å²) in [7, 11) is 3.55. The number of para-hydroxylation sites is 2. The van der Waals surface area contributed by atoms with E-state index >= 15 is 0 Å². The molecule has 1 N–H and O–H groups in total. The molecule has 0 bridgehead atoms. The number of benzene rings is 2. The first-order chi connectivity index (χ1) is 10.7. The first-order valence-corrected chi connectivity index (χ1v) is 7.15. The van der Waals surface area contributed by atoms with Crippen molar-refractivity contribution in [2.24, 2.45) is 7.05 Å². The summed E-state index contributed by atoms with van der Waals surface area (Å²) in [5, 5.41) is 2.69. The van der Waals surface area contributed by atoms with Gasteiger partial charge in [-0.3, -0.25) is 4.90 Å². The van der Waals surface area contributed by atoms with Gasteiger partial charge in [-0.05, 0) is 17.7 Å². The number of aryl methyl sites for hydroxylation is 1. The van der Waals surface area contributed by atoms with Crippen LogP contribution in [0.2, 0.25) is 0 Å². The van der Waals surface area contributed by atoms with Gasteiger partial charge in [-0.1, -0.05) is 42.5 Å². The van der Waals surface area contributed by atoms with Crippen molar-refractivity contribution in [1.29, 1.82) is 0 Å². The molecule has 0 aliphatic heterocycles. The van der Waals surface area contributed by atoms with Crippen LogP contribution in [0.25, 0.3) is 11.0 Å². The predicted molar refractivity (Wildman–Crippen MR) is 87.8 cm³/mol. The van der Waals surface area contributed by atoms with Gasteiger partial charge in [0.2, 0.25) is 5.95 Å². The molecule has 1 heterocycles. The molecule has 2 amide bonds. The molecule has 0 radical (unpaired) electrons. The molecular formula is C17H18N4O. The SMILES string of the molecule is CNC(=O)N(Cc1ccccc1)c1nc2ccccc2n1C. The van der Waals surface area contributed by atoms with Crippen LogP contribution >= 0.6 is 0 Å². The summed E-state index contributed by atoms with van der Waals surface area (Å²) in [6, 6.07) is 17.6. The fraction of sp³-hybridized carbons (Fsp3) is 0.176. The fourth-order valence-electron chi connectivity index (χ4n) is 2.51. The minimum atomic E-state index is -0.178. The quantitative estimate of drug-likeness (QED) is 0.807. The van der Waals surface area contributed by atoms with Gasteiger partial charge < -0.3 is 9.88 Å². The van der Waals surface area contributed by atoms with Crippen LogP contribution < -0.4 is 10.2 Å². The highest BCUT2D eigenvalue weighted by molar-refractivity contribution is 5.92. The van der Waals surface area contributed by atoms with Gasteiger partial charge in [-0.15, -0.1) is 0 Å². The van der Waals surface area contributed by atoms with Crippen LogP contribution in [-0.2, 0) is 13.6 Å². The fourth-order valence-corrected chi connectivity index (χ4v) is 2.51. The first kappa shape index (κ1) is 14.1. The van der Waals surface area contributed by atoms with Crippen LogP contribution in [0.4, 0.5) is 10.7 Å². The zero-order chi connectivity index (χ0) is 15.5. The van der Waals surface area contributed by atoms with Gasteiger partial charge in [-0.2, -0.15) is 0 Å². The molecule has 3 aromatic rings. The van der Waals surface area contributed by atoms with Crippen molar-refractivity contribution >= 4 is 23.0 Å². The largest absolute Gasteiger partial charge is 0.341 e. The van der Waals surface area contributed by atoms with Gasteiger partial charge in [0, 0.05) is 14.1 Å². The van der Waals surface area contributed by atoms with Gasteiger partial charge >= 0.3 is 6.03 Å². The second-order valence-electron chi connectivity index (χ2n) is 5.09. The number of rotatable bonds is 3. The molecule has 0 fully saturated rings. The zero-order valence-corrected chi connectivity index (χ0v) is 12.7. The van der Waals surface area contributed by atoms with Crippen molar-refractivity contribution in [2.75, 3.05) is 11.9 Å². The molecule has 0 spiro atoms. The second kappa shape index (κ2) is 5.89. The Morgan fingerprint density at radius 1 is 1.14 bits per heavy atom. The van der Waals surface area contributed by atoms with E-state index in [9.17, 15) is 4.79 Å². The Morgan fingerprint density at radius 2 is 1.82 bits per heavy atom. The molecule has 0 saturated carbocycles. The highest BCUT2D eigenvalue weighted by atomic mass is 16.2. The van der Waals surface area contributed by atoms with E-state index in [1.807, 2.05) is 66.2 Å². The van der Waals surface area contributed by atoms with E-state index in [1.165, 1.54) is 0 Å². The number of hydrogen-bond donors (Lipinski definition) is 1. The number of urea groups is 1. The normalized spacial score (nSPS) is 10.6. The minimum Gasteiger partial charge on any atom is -0.341 e. The van der Waals surface area contributed by atoms with E-state index < -0.39 is 0 Å². The van der Waals surface area contributed by atoms with E-state index in [4.69, 9.17) is 0 Å². The Labute approximate surface area is 129 Å². The zero-order valence-electron chi connectivity index (χ0n) is 12.7. The molecule has 3 rings (SSSR count). The van der Waals surface area contributed by atoms with Crippen LogP contribution in [0.15, 0.2) is 54.6 Å². The van der Waals surface area contributed by atoms with E-state index in [1.54, 1.807) is 11.9 Å². The molecule has 0 aliphatic carbocycles. The molecular weight excluding hydrogens is 276 g/mol. The molecule has 0 aliphatic rings. The van der Waals surface area contributed by atoms with Gasteiger partial charge in [-0.25, -0.2) is 9.78 Å². The lowest BCUT2D eigenvalue weighted by atomic mass is 10.2. The monoisotopic (exact) mass is 294 g/mol. The average Bonchev–Trinajstić information content (AvgIpc) is 2.90. The number of imidazole rings is 1. The number of amides is 2. The average molecular weight is 294 g/mol. The van der Waals surface area contributed by atoms with E-state index in [0.29, 0.717) is 12.5 Å². The van der Waals surface area contributed by atoms with Gasteiger partial charge in [0.1, 0.15) is 0 Å². The number of fused-ring (bicyclic) bond motifs is 1. The maximum atomic E-state index is 12.3. The summed E-state index contributed by atoms with van der Waals surface area (Å²) in [5.41, 5.74) is 2.93. The Bertz CT molecular complexity index is 795. The van der Waals surface area contributed by atoms with Crippen LogP contribution in [-0.4, -0.2) is 22.6 Å². The van der Waals surface area contributed by atoms with Crippen molar-refractivity contribution < 1.29 is 4.79 Å². The second-order valence-corrected chi connectivity index (χ2v) is 5.09. The maximum Gasteiger partial charge on any atom is 0.324 e. The highest BCUT2D eigenvalue weighted by Gasteiger charge is 2.20. The molecule has 5 nitrogen and oxygen atoms in total. The molecule has 0 atom stereocenters. The molecule has 2 aromatic carbocycles. The summed E-state index contributed by atoms with van der Waals surface area (Å²) < 4.78 is 1.94. The highest BCUT2D eigenvalue weighted by Crippen LogP contribution is 2.22. The predicted octanol–water partition coefficient (Wildman–Crippen LogP) is 2.92. The molecule has 22 heavy (non-hydrogen) atoms. The van der Waals surface area contributed by atoms with Crippen molar-refractivity contribution in [3.63, 3.8) is 0 Å². The number of hydrogen-bond acceptors (Lipinski definition) is 2. The Hall–Kier alpha value is -2.82. The number of anilines is 1. The third kappa shape index (κ3) is 2.53. The van der Waals surface area contributed by atoms with E-state index in [2.05, 4.69) is 10.3 Å². The van der Waals surface area contributed by atoms with E-state index in [-0.39, 0.29) is 6.03 Å². The number of carbonyl (C=O) groups is 1. The van der Waals surface area contributed by atoms with Gasteiger partial charge in [0.05, 0.1) is 17.6 Å². The summed E-state index contributed by atoms with van der Waals surface area (Å²) >= 11 is 0. The summed E-state index contributed by atoms with van der Waals surface area (Å²) in [6.07, 6.45) is 0. The minimum absolute atomic E-state index is 0.178. The Morgan fingerprint density at radius 3 is 2.50 bits per heavy atom. The summed E-state index contributed by atoms with van der Waals surface area (Å²) in [4.78, 5) is 18.6. The third-order valence-electron chi connectivity index (χ3n) is 3.65. The molecule has 112 valence electrons. The first-order valence-electron chi connectivity index (χ1n) is 7.15. The lowest BCUT2D eigenvalue weighted by molar-refractivity contribution is 0.247. The summed E-state index contributed by atoms with van der Waals surface area (Å²) in [6.45, 7) is 0.470. The Kier molecular flexibility index (Phi) is 3.78. The third-order valence-corrected chi connectivity index (χ3v) is 3.65. The van der Waals surface area contributed by atoms with Crippen molar-refractivity contribution in [2.45, 2.75) is 6.54 Å². The Balaban J connectivity index is 2.04. The molecule has 1 aromatic heterocycles. The lowest BCUT2D eigenvalue weighted by Crippen LogP contribution is -2.39. The number of nitrogens with one attached hydrogen (secondary N) is 1. The molecule has 0 unspecified atom stereocenters. The smallest absolute Gasteiger partial charge is 0.324 e. The number of aromatic nitrogens is 2. The van der Waals surface area contributed by atoms with Crippen LogP contribution in [0, 0.1) is 0 Å². The molecule has 0 saturated heterocycles. The van der Waals surface area contributed by atoms with Gasteiger partial charge in [0.15, 0.2) is 0 Å². The van der Waals surface area contributed by atoms with Crippen LogP contribution in [0.3, 0.4) is 0 Å². The van der Waals surface area contributed by atoms with Crippen LogP contribution in [0.5, 0.6) is 0 Å². The summed E-state index contributed by atoms with van der Waals surface area (Å²) in [5.74, 6) is 0.629. The van der Waals surface area contributed by atoms with E-state index in [0.717, 1.165) is 16.6 Å².